The third kappa shape index (κ3) is 4.31. The number of aromatic nitrogens is 1. The summed E-state index contributed by atoms with van der Waals surface area (Å²) in [6.45, 7) is 1.28. The molecule has 9 heteroatoms. The number of aryl methyl sites for hydroxylation is 1. The summed E-state index contributed by atoms with van der Waals surface area (Å²) in [5.41, 5.74) is 15.7. The molecule has 1 aromatic heterocycles. The van der Waals surface area contributed by atoms with Crippen molar-refractivity contribution in [1.29, 1.82) is 0 Å². The van der Waals surface area contributed by atoms with E-state index in [0.29, 0.717) is 18.4 Å². The van der Waals surface area contributed by atoms with Crippen molar-refractivity contribution in [3.8, 4) is 0 Å². The van der Waals surface area contributed by atoms with E-state index < -0.39 is 0 Å². The number of nitrogens with two attached hydrogens (primary N) is 3. The van der Waals surface area contributed by atoms with E-state index in [4.69, 9.17) is 17.3 Å². The standard InChI is InChI=1S/C25H31N7O2/c26-20(24(33)30-22-9-8-21-18(22)7-10-23(27)29-21)14-31(28)13-15-3-5-16(6-4-15)19-12-17-2-1-11-32(17)25(19)34/h3-7,10,14,17,19,22H,1-2,8-9,11-13,26,28H2,(H2,27,29)(H,30,33)/b20-14-. The summed E-state index contributed by atoms with van der Waals surface area (Å²) in [4.78, 5) is 31.6. The second kappa shape index (κ2) is 8.98. The van der Waals surface area contributed by atoms with Crippen LogP contribution in [-0.2, 0) is 22.6 Å². The van der Waals surface area contributed by atoms with Gasteiger partial charge in [-0.2, -0.15) is 0 Å². The maximum atomic E-state index is 12.7. The predicted molar refractivity (Wildman–Crippen MR) is 128 cm³/mol. The molecular weight excluding hydrogens is 430 g/mol. The van der Waals surface area contributed by atoms with Crippen LogP contribution in [0, 0.1) is 0 Å². The van der Waals surface area contributed by atoms with Gasteiger partial charge in [0.1, 0.15) is 11.5 Å². The molecule has 34 heavy (non-hydrogen) atoms. The Morgan fingerprint density at radius 2 is 2.00 bits per heavy atom. The predicted octanol–water partition coefficient (Wildman–Crippen LogP) is 1.42. The number of amides is 2. The zero-order valence-electron chi connectivity index (χ0n) is 19.1. The molecule has 1 aromatic carbocycles. The Labute approximate surface area is 198 Å². The summed E-state index contributed by atoms with van der Waals surface area (Å²) < 4.78 is 0. The molecule has 5 rings (SSSR count). The minimum Gasteiger partial charge on any atom is -0.393 e. The summed E-state index contributed by atoms with van der Waals surface area (Å²) in [6, 6.07) is 11.9. The molecule has 1 aliphatic carbocycles. The molecule has 0 radical (unpaired) electrons. The first-order chi connectivity index (χ1) is 16.4. The quantitative estimate of drug-likeness (QED) is 0.289. The SMILES string of the molecule is N/C(=C\N(N)Cc1ccc(C2CC3CCCN3C2=O)cc1)C(=O)NC1CCc2nc(N)ccc21. The average molecular weight is 462 g/mol. The molecule has 2 aliphatic heterocycles. The molecule has 2 aromatic rings. The Morgan fingerprint density at radius 1 is 1.21 bits per heavy atom. The first-order valence-electron chi connectivity index (χ1n) is 11.8. The number of anilines is 1. The van der Waals surface area contributed by atoms with E-state index in [1.165, 1.54) is 11.2 Å². The number of rotatable bonds is 6. The van der Waals surface area contributed by atoms with Crippen LogP contribution in [0.2, 0.25) is 0 Å². The van der Waals surface area contributed by atoms with Crippen LogP contribution in [0.4, 0.5) is 5.82 Å². The van der Waals surface area contributed by atoms with Gasteiger partial charge in [-0.15, -0.1) is 0 Å². The highest BCUT2D eigenvalue weighted by Gasteiger charge is 2.42. The molecule has 3 atom stereocenters. The van der Waals surface area contributed by atoms with Crippen LogP contribution in [0.5, 0.6) is 0 Å². The summed E-state index contributed by atoms with van der Waals surface area (Å²) in [7, 11) is 0. The van der Waals surface area contributed by atoms with Crippen molar-refractivity contribution in [3.05, 3.63) is 70.7 Å². The topological polar surface area (TPSA) is 144 Å². The monoisotopic (exact) mass is 461 g/mol. The van der Waals surface area contributed by atoms with E-state index in [2.05, 4.69) is 10.3 Å². The van der Waals surface area contributed by atoms with E-state index in [1.807, 2.05) is 35.2 Å². The number of nitrogen functional groups attached to an aromatic ring is 1. The molecule has 3 heterocycles. The Kier molecular flexibility index (Phi) is 5.87. The molecule has 3 unspecified atom stereocenters. The molecule has 178 valence electrons. The number of hydrogen-bond donors (Lipinski definition) is 4. The van der Waals surface area contributed by atoms with Crippen LogP contribution in [0.15, 0.2) is 48.3 Å². The second-order valence-electron chi connectivity index (χ2n) is 9.45. The van der Waals surface area contributed by atoms with Crippen molar-refractivity contribution in [3.63, 3.8) is 0 Å². The molecule has 0 spiro atoms. The van der Waals surface area contributed by atoms with Gasteiger partial charge >= 0.3 is 0 Å². The van der Waals surface area contributed by atoms with Gasteiger partial charge in [-0.25, -0.2) is 10.8 Å². The fourth-order valence-corrected chi connectivity index (χ4v) is 5.45. The Balaban J connectivity index is 1.17. The Morgan fingerprint density at radius 3 is 2.76 bits per heavy atom. The van der Waals surface area contributed by atoms with Crippen LogP contribution in [-0.4, -0.2) is 39.3 Å². The van der Waals surface area contributed by atoms with Gasteiger partial charge in [-0.1, -0.05) is 30.3 Å². The number of carbonyl (C=O) groups is 2. The van der Waals surface area contributed by atoms with E-state index >= 15 is 0 Å². The third-order valence-electron chi connectivity index (χ3n) is 7.16. The molecule has 2 fully saturated rings. The van der Waals surface area contributed by atoms with Gasteiger partial charge in [0.25, 0.3) is 5.91 Å². The van der Waals surface area contributed by atoms with Crippen molar-refractivity contribution in [1.82, 2.24) is 20.2 Å². The summed E-state index contributed by atoms with van der Waals surface area (Å²) in [6.07, 6.45) is 6.09. The largest absolute Gasteiger partial charge is 0.393 e. The van der Waals surface area contributed by atoms with E-state index in [1.54, 1.807) is 6.07 Å². The number of carbonyl (C=O) groups excluding carboxylic acids is 2. The minimum absolute atomic E-state index is 0.0353. The van der Waals surface area contributed by atoms with Gasteiger partial charge in [0.05, 0.1) is 18.5 Å². The third-order valence-corrected chi connectivity index (χ3v) is 7.16. The number of hydrogen-bond acceptors (Lipinski definition) is 7. The van der Waals surface area contributed by atoms with E-state index in [0.717, 1.165) is 61.0 Å². The highest BCUT2D eigenvalue weighted by molar-refractivity contribution is 5.92. The normalized spacial score (nSPS) is 23.7. The van der Waals surface area contributed by atoms with Crippen LogP contribution in [0.3, 0.4) is 0 Å². The molecule has 3 aliphatic rings. The lowest BCUT2D eigenvalue weighted by Gasteiger charge is -2.18. The fourth-order valence-electron chi connectivity index (χ4n) is 5.45. The first kappa shape index (κ1) is 22.2. The van der Waals surface area contributed by atoms with Gasteiger partial charge < -0.3 is 26.7 Å². The molecule has 7 N–H and O–H groups in total. The van der Waals surface area contributed by atoms with Crippen molar-refractivity contribution >= 4 is 17.6 Å². The number of fused-ring (bicyclic) bond motifs is 2. The Bertz CT molecular complexity index is 1130. The van der Waals surface area contributed by atoms with E-state index in [9.17, 15) is 9.59 Å². The molecular formula is C25H31N7O2. The number of nitrogens with zero attached hydrogens (tertiary/aromatic N) is 3. The van der Waals surface area contributed by atoms with Crippen molar-refractivity contribution in [2.24, 2.45) is 11.6 Å². The molecule has 2 amide bonds. The van der Waals surface area contributed by atoms with Crippen LogP contribution in [0.1, 0.15) is 60.0 Å². The smallest absolute Gasteiger partial charge is 0.269 e. The van der Waals surface area contributed by atoms with E-state index in [-0.39, 0.29) is 29.5 Å². The van der Waals surface area contributed by atoms with Crippen LogP contribution < -0.4 is 22.6 Å². The maximum absolute atomic E-state index is 12.7. The molecule has 0 saturated carbocycles. The first-order valence-corrected chi connectivity index (χ1v) is 11.8. The summed E-state index contributed by atoms with van der Waals surface area (Å²) in [5.74, 6) is 6.42. The lowest BCUT2D eigenvalue weighted by molar-refractivity contribution is -0.129. The lowest BCUT2D eigenvalue weighted by atomic mass is 9.94. The number of hydrazine groups is 1. The number of pyridine rings is 1. The molecule has 9 nitrogen and oxygen atoms in total. The summed E-state index contributed by atoms with van der Waals surface area (Å²) >= 11 is 0. The fraction of sp³-hybridized carbons (Fsp3) is 0.400. The van der Waals surface area contributed by atoms with Crippen molar-refractivity contribution < 1.29 is 9.59 Å². The minimum atomic E-state index is -0.374. The molecule has 0 bridgehead atoms. The van der Waals surface area contributed by atoms with Gasteiger partial charge in [0, 0.05) is 24.5 Å². The average Bonchev–Trinajstić information content (AvgIpc) is 3.51. The number of nitrogens with one attached hydrogen (secondary N) is 1. The van der Waals surface area contributed by atoms with Crippen LogP contribution in [0.25, 0.3) is 0 Å². The maximum Gasteiger partial charge on any atom is 0.269 e. The zero-order chi connectivity index (χ0) is 23.8. The highest BCUT2D eigenvalue weighted by Crippen LogP contribution is 2.38. The van der Waals surface area contributed by atoms with Gasteiger partial charge in [0.15, 0.2) is 0 Å². The number of benzene rings is 1. The Hall–Kier alpha value is -3.59. The van der Waals surface area contributed by atoms with Gasteiger partial charge in [-0.05, 0) is 54.9 Å². The lowest BCUT2D eigenvalue weighted by Crippen LogP contribution is -2.34. The second-order valence-corrected chi connectivity index (χ2v) is 9.45. The highest BCUT2D eigenvalue weighted by atomic mass is 16.2. The molecule has 2 saturated heterocycles. The zero-order valence-corrected chi connectivity index (χ0v) is 19.1. The van der Waals surface area contributed by atoms with Crippen molar-refractivity contribution in [2.45, 2.75) is 56.7 Å². The van der Waals surface area contributed by atoms with Crippen molar-refractivity contribution in [2.75, 3.05) is 12.3 Å². The van der Waals surface area contributed by atoms with Gasteiger partial charge in [0.2, 0.25) is 5.91 Å². The van der Waals surface area contributed by atoms with Gasteiger partial charge in [-0.3, -0.25) is 9.59 Å². The van der Waals surface area contributed by atoms with Crippen LogP contribution >= 0.6 is 0 Å². The summed E-state index contributed by atoms with van der Waals surface area (Å²) in [5, 5.41) is 4.35.